The number of nitrogen functional groups attached to an aromatic ring is 1. The van der Waals surface area contributed by atoms with Gasteiger partial charge in [0, 0.05) is 11.6 Å². The molecular weight excluding hydrogens is 241 g/mol. The molecular formula is C11H10FN3OS. The van der Waals surface area contributed by atoms with Crippen LogP contribution in [0.5, 0.6) is 5.75 Å². The largest absolute Gasteiger partial charge is 0.494 e. The molecule has 0 saturated heterocycles. The summed E-state index contributed by atoms with van der Waals surface area (Å²) in [5, 5.41) is 0. The number of nitrogens with zero attached hydrogens (tertiary/aromatic N) is 1. The van der Waals surface area contributed by atoms with E-state index >= 15 is 0 Å². The number of anilines is 1. The predicted octanol–water partition coefficient (Wildman–Crippen LogP) is 2.54. The lowest BCUT2D eigenvalue weighted by molar-refractivity contribution is 0.386. The van der Waals surface area contributed by atoms with Crippen molar-refractivity contribution in [3.63, 3.8) is 0 Å². The first-order chi connectivity index (χ1) is 8.10. The lowest BCUT2D eigenvalue weighted by atomic mass is 10.1. The van der Waals surface area contributed by atoms with Gasteiger partial charge in [0.25, 0.3) is 0 Å². The van der Waals surface area contributed by atoms with Crippen LogP contribution in [0.1, 0.15) is 0 Å². The van der Waals surface area contributed by atoms with Crippen LogP contribution >= 0.6 is 12.2 Å². The van der Waals surface area contributed by atoms with E-state index < -0.39 is 5.82 Å². The molecule has 2 aromatic rings. The van der Waals surface area contributed by atoms with Crippen LogP contribution in [0.25, 0.3) is 11.3 Å². The van der Waals surface area contributed by atoms with E-state index in [1.54, 1.807) is 12.1 Å². The number of aromatic nitrogens is 2. The summed E-state index contributed by atoms with van der Waals surface area (Å²) in [6.45, 7) is 0. The van der Waals surface area contributed by atoms with E-state index in [1.807, 2.05) is 0 Å². The fourth-order valence-corrected chi connectivity index (χ4v) is 1.68. The monoisotopic (exact) mass is 251 g/mol. The summed E-state index contributed by atoms with van der Waals surface area (Å²) in [4.78, 5) is 6.68. The molecule has 0 saturated carbocycles. The summed E-state index contributed by atoms with van der Waals surface area (Å²) in [5.74, 6) is 0.0362. The van der Waals surface area contributed by atoms with Gasteiger partial charge in [0.15, 0.2) is 16.3 Å². The van der Waals surface area contributed by atoms with E-state index in [9.17, 15) is 4.39 Å². The summed E-state index contributed by atoms with van der Waals surface area (Å²) in [6, 6.07) is 6.19. The average Bonchev–Trinajstić information content (AvgIpc) is 2.27. The number of hydrogen-bond acceptors (Lipinski definition) is 4. The Morgan fingerprint density at radius 2 is 2.18 bits per heavy atom. The number of H-pyrrole nitrogens is 1. The number of methoxy groups -OCH3 is 1. The van der Waals surface area contributed by atoms with E-state index in [4.69, 9.17) is 22.7 Å². The third-order valence-corrected chi connectivity index (χ3v) is 2.42. The molecule has 0 aliphatic carbocycles. The standard InChI is InChI=1S/C11H10FN3OS/c1-16-9-3-2-6(4-7(9)12)8-5-10(13)15-11(17)14-8/h2-5H,1H3,(H3,13,14,15,17). The van der Waals surface area contributed by atoms with Gasteiger partial charge in [0.05, 0.1) is 12.8 Å². The van der Waals surface area contributed by atoms with Crippen molar-refractivity contribution in [2.45, 2.75) is 0 Å². The van der Waals surface area contributed by atoms with Crippen LogP contribution in [0.15, 0.2) is 24.3 Å². The lowest BCUT2D eigenvalue weighted by Gasteiger charge is -2.06. The van der Waals surface area contributed by atoms with Crippen LogP contribution in [0.2, 0.25) is 0 Å². The second-order valence-electron chi connectivity index (χ2n) is 3.37. The third-order valence-electron chi connectivity index (χ3n) is 2.23. The number of nitrogens with two attached hydrogens (primary N) is 1. The Morgan fingerprint density at radius 1 is 1.41 bits per heavy atom. The Morgan fingerprint density at radius 3 is 2.76 bits per heavy atom. The minimum absolute atomic E-state index is 0.189. The summed E-state index contributed by atoms with van der Waals surface area (Å²) >= 11 is 4.90. The van der Waals surface area contributed by atoms with Crippen molar-refractivity contribution in [3.05, 3.63) is 34.9 Å². The van der Waals surface area contributed by atoms with Crippen LogP contribution in [0.3, 0.4) is 0 Å². The lowest BCUT2D eigenvalue weighted by Crippen LogP contribution is -1.95. The Hall–Kier alpha value is -1.95. The molecule has 0 spiro atoms. The number of aromatic amines is 1. The van der Waals surface area contributed by atoms with Crippen molar-refractivity contribution in [2.75, 3.05) is 12.8 Å². The Kier molecular flexibility index (Phi) is 3.06. The fourth-order valence-electron chi connectivity index (χ4n) is 1.47. The van der Waals surface area contributed by atoms with Crippen molar-refractivity contribution in [1.82, 2.24) is 9.97 Å². The normalized spacial score (nSPS) is 10.2. The average molecular weight is 251 g/mol. The quantitative estimate of drug-likeness (QED) is 0.805. The molecule has 0 aliphatic rings. The number of benzene rings is 1. The molecule has 0 fully saturated rings. The van der Waals surface area contributed by atoms with Gasteiger partial charge in [-0.3, -0.25) is 0 Å². The number of ether oxygens (including phenoxy) is 1. The molecule has 0 amide bonds. The van der Waals surface area contributed by atoms with Crippen LogP contribution in [0.4, 0.5) is 10.2 Å². The van der Waals surface area contributed by atoms with Crippen molar-refractivity contribution >= 4 is 18.0 Å². The first-order valence-corrected chi connectivity index (χ1v) is 5.21. The number of rotatable bonds is 2. The smallest absolute Gasteiger partial charge is 0.199 e. The number of halogens is 1. The third kappa shape index (κ3) is 2.42. The zero-order valence-electron chi connectivity index (χ0n) is 9.03. The van der Waals surface area contributed by atoms with Crippen LogP contribution < -0.4 is 10.5 Å². The van der Waals surface area contributed by atoms with Gasteiger partial charge in [0.2, 0.25) is 0 Å². The molecule has 2 rings (SSSR count). The van der Waals surface area contributed by atoms with E-state index in [-0.39, 0.29) is 10.5 Å². The van der Waals surface area contributed by atoms with Crippen LogP contribution in [-0.2, 0) is 0 Å². The second-order valence-corrected chi connectivity index (χ2v) is 3.76. The summed E-state index contributed by atoms with van der Waals surface area (Å²) in [5.41, 5.74) is 6.82. The van der Waals surface area contributed by atoms with Crippen LogP contribution in [-0.4, -0.2) is 17.1 Å². The highest BCUT2D eigenvalue weighted by Gasteiger charge is 2.06. The van der Waals surface area contributed by atoms with E-state index in [0.717, 1.165) is 0 Å². The first kappa shape index (κ1) is 11.5. The number of nitrogens with one attached hydrogen (secondary N) is 1. The molecule has 0 bridgehead atoms. The molecule has 0 radical (unpaired) electrons. The summed E-state index contributed by atoms with van der Waals surface area (Å²) in [7, 11) is 1.41. The maximum absolute atomic E-state index is 13.5. The minimum Gasteiger partial charge on any atom is -0.494 e. The topological polar surface area (TPSA) is 63.9 Å². The molecule has 4 nitrogen and oxygen atoms in total. The number of hydrogen-bond donors (Lipinski definition) is 2. The van der Waals surface area contributed by atoms with Gasteiger partial charge in [-0.15, -0.1) is 0 Å². The van der Waals surface area contributed by atoms with Crippen molar-refractivity contribution in [3.8, 4) is 17.0 Å². The predicted molar refractivity (Wildman–Crippen MR) is 65.8 cm³/mol. The maximum Gasteiger partial charge on any atom is 0.199 e. The van der Waals surface area contributed by atoms with Gasteiger partial charge in [-0.05, 0) is 30.4 Å². The van der Waals surface area contributed by atoms with Gasteiger partial charge in [-0.1, -0.05) is 0 Å². The molecule has 88 valence electrons. The van der Waals surface area contributed by atoms with Gasteiger partial charge in [-0.2, -0.15) is 0 Å². The molecule has 3 N–H and O–H groups in total. The Bertz CT molecular complexity index is 612. The van der Waals surface area contributed by atoms with Gasteiger partial charge in [-0.25, -0.2) is 9.37 Å². The van der Waals surface area contributed by atoms with Gasteiger partial charge >= 0.3 is 0 Å². The molecule has 1 aromatic heterocycles. The molecule has 17 heavy (non-hydrogen) atoms. The summed E-state index contributed by atoms with van der Waals surface area (Å²) < 4.78 is 18.6. The zero-order valence-corrected chi connectivity index (χ0v) is 9.84. The SMILES string of the molecule is COc1ccc(-c2cc(N)nc(=S)[nH]2)cc1F. The molecule has 0 aliphatic heterocycles. The van der Waals surface area contributed by atoms with Crippen molar-refractivity contribution in [1.29, 1.82) is 0 Å². The molecule has 1 aromatic carbocycles. The van der Waals surface area contributed by atoms with E-state index in [0.29, 0.717) is 17.1 Å². The zero-order chi connectivity index (χ0) is 12.4. The Balaban J connectivity index is 2.53. The highest BCUT2D eigenvalue weighted by molar-refractivity contribution is 7.71. The minimum atomic E-state index is -0.445. The van der Waals surface area contributed by atoms with Crippen molar-refractivity contribution < 1.29 is 9.13 Å². The van der Waals surface area contributed by atoms with Crippen LogP contribution in [0, 0.1) is 10.6 Å². The molecule has 0 unspecified atom stereocenters. The van der Waals surface area contributed by atoms with Gasteiger partial charge in [0.1, 0.15) is 5.82 Å². The second kappa shape index (κ2) is 4.50. The van der Waals surface area contributed by atoms with Crippen molar-refractivity contribution in [2.24, 2.45) is 0 Å². The highest BCUT2D eigenvalue weighted by Crippen LogP contribution is 2.24. The molecule has 6 heteroatoms. The Labute approximate surface area is 102 Å². The molecule has 1 heterocycles. The van der Waals surface area contributed by atoms with Gasteiger partial charge < -0.3 is 15.5 Å². The highest BCUT2D eigenvalue weighted by atomic mass is 32.1. The summed E-state index contributed by atoms with van der Waals surface area (Å²) in [6.07, 6.45) is 0. The first-order valence-electron chi connectivity index (χ1n) is 4.81. The fraction of sp³-hybridized carbons (Fsp3) is 0.0909. The van der Waals surface area contributed by atoms with E-state index in [2.05, 4.69) is 9.97 Å². The molecule has 0 atom stereocenters. The maximum atomic E-state index is 13.5. The van der Waals surface area contributed by atoms with E-state index in [1.165, 1.54) is 19.2 Å².